The molecule has 0 bridgehead atoms. The van der Waals surface area contributed by atoms with E-state index in [0.717, 1.165) is 16.9 Å². The van der Waals surface area contributed by atoms with Crippen LogP contribution in [0.4, 0.5) is 4.39 Å². The molecule has 0 aliphatic carbocycles. The SMILES string of the molecule is Cc1cn(-c2ccc(C=C3OC4(COC4)CN4C3=NOC4(CO)c3ccc(F)cc3)c3ncoc23)cn1. The number of fused-ring (bicyclic) bond motifs is 2. The number of amidine groups is 1. The van der Waals surface area contributed by atoms with Gasteiger partial charge in [0, 0.05) is 17.3 Å². The number of oxime groups is 1. The van der Waals surface area contributed by atoms with Crippen LogP contribution in [-0.4, -0.2) is 62.3 Å². The molecule has 0 amide bonds. The molecule has 0 saturated carbocycles. The van der Waals surface area contributed by atoms with Crippen LogP contribution in [0.1, 0.15) is 16.8 Å². The number of oxazole rings is 1. The Morgan fingerprint density at radius 2 is 1.97 bits per heavy atom. The molecule has 7 rings (SSSR count). The summed E-state index contributed by atoms with van der Waals surface area (Å²) in [5, 5.41) is 14.8. The fourth-order valence-electron chi connectivity index (χ4n) is 5.04. The van der Waals surface area contributed by atoms with Gasteiger partial charge in [0.1, 0.15) is 17.9 Å². The average molecular weight is 503 g/mol. The normalized spacial score (nSPS) is 23.1. The highest BCUT2D eigenvalue weighted by Gasteiger charge is 2.58. The van der Waals surface area contributed by atoms with E-state index in [1.165, 1.54) is 18.5 Å². The molecule has 2 saturated heterocycles. The summed E-state index contributed by atoms with van der Waals surface area (Å²) in [7, 11) is 0. The Labute approximate surface area is 210 Å². The summed E-state index contributed by atoms with van der Waals surface area (Å²) in [5.74, 6) is 0.484. The molecule has 5 heterocycles. The smallest absolute Gasteiger partial charge is 0.260 e. The highest BCUT2D eigenvalue weighted by Crippen LogP contribution is 2.44. The molecule has 3 aliphatic rings. The zero-order valence-electron chi connectivity index (χ0n) is 19.8. The molecule has 188 valence electrons. The number of morpholine rings is 1. The number of hydrogen-bond acceptors (Lipinski definition) is 9. The molecular weight excluding hydrogens is 481 g/mol. The molecule has 2 fully saturated rings. The Balaban J connectivity index is 1.32. The van der Waals surface area contributed by atoms with Crippen molar-refractivity contribution >= 4 is 23.0 Å². The number of imidazole rings is 1. The standard InChI is InChI=1S/C26H22FN5O5/c1-16-9-31(14-28-16)20-7-2-17(22-23(20)35-15-29-22)8-21-24-30-37-26(11-33,18-3-5-19(27)6-4-18)32(24)10-25(36-21)12-34-13-25/h2-9,14-15,33H,10-13H2,1H3. The van der Waals surface area contributed by atoms with Crippen molar-refractivity contribution in [1.29, 1.82) is 0 Å². The summed E-state index contributed by atoms with van der Waals surface area (Å²) in [6.45, 7) is 2.64. The van der Waals surface area contributed by atoms with E-state index in [1.807, 2.05) is 40.8 Å². The summed E-state index contributed by atoms with van der Waals surface area (Å²) >= 11 is 0. The molecule has 2 aromatic carbocycles. The van der Waals surface area contributed by atoms with E-state index in [0.29, 0.717) is 48.0 Å². The maximum atomic E-state index is 13.7. The van der Waals surface area contributed by atoms with Gasteiger partial charge in [0.15, 0.2) is 23.3 Å². The lowest BCUT2D eigenvalue weighted by molar-refractivity contribution is -0.223. The molecule has 1 atom stereocenters. The number of ether oxygens (including phenoxy) is 2. The van der Waals surface area contributed by atoms with Crippen LogP contribution in [0.25, 0.3) is 22.9 Å². The molecule has 11 heteroatoms. The number of hydrogen-bond donors (Lipinski definition) is 1. The third kappa shape index (κ3) is 3.27. The maximum absolute atomic E-state index is 13.7. The molecule has 2 aromatic heterocycles. The predicted molar refractivity (Wildman–Crippen MR) is 129 cm³/mol. The third-order valence-electron chi connectivity index (χ3n) is 6.98. The van der Waals surface area contributed by atoms with Gasteiger partial charge in [-0.3, -0.25) is 0 Å². The fraction of sp³-hybridized carbons (Fsp3) is 0.269. The van der Waals surface area contributed by atoms with Gasteiger partial charge in [-0.25, -0.2) is 14.4 Å². The monoisotopic (exact) mass is 503 g/mol. The first kappa shape index (κ1) is 22.0. The van der Waals surface area contributed by atoms with Gasteiger partial charge in [-0.2, -0.15) is 0 Å². The van der Waals surface area contributed by atoms with Crippen molar-refractivity contribution in [3.63, 3.8) is 0 Å². The quantitative estimate of drug-likeness (QED) is 0.453. The van der Waals surface area contributed by atoms with Crippen LogP contribution in [0.3, 0.4) is 0 Å². The van der Waals surface area contributed by atoms with Gasteiger partial charge in [-0.05, 0) is 43.3 Å². The number of halogens is 1. The Morgan fingerprint density at radius 3 is 2.68 bits per heavy atom. The molecule has 1 unspecified atom stereocenters. The number of benzene rings is 2. The van der Waals surface area contributed by atoms with Crippen molar-refractivity contribution in [2.45, 2.75) is 18.2 Å². The number of aliphatic hydroxyl groups excluding tert-OH is 1. The molecular formula is C26H22FN5O5. The van der Waals surface area contributed by atoms with Gasteiger partial charge in [-0.1, -0.05) is 11.2 Å². The van der Waals surface area contributed by atoms with Crippen LogP contribution in [-0.2, 0) is 20.0 Å². The van der Waals surface area contributed by atoms with Crippen LogP contribution in [0.2, 0.25) is 0 Å². The Morgan fingerprint density at radius 1 is 1.14 bits per heavy atom. The van der Waals surface area contributed by atoms with Gasteiger partial charge in [-0.15, -0.1) is 0 Å². The topological polar surface area (TPSA) is 107 Å². The highest BCUT2D eigenvalue weighted by molar-refractivity contribution is 6.03. The van der Waals surface area contributed by atoms with Gasteiger partial charge in [0.2, 0.25) is 5.84 Å². The molecule has 1 N–H and O–H groups in total. The van der Waals surface area contributed by atoms with Crippen LogP contribution in [0.15, 0.2) is 70.6 Å². The first-order valence-corrected chi connectivity index (χ1v) is 11.8. The average Bonchev–Trinajstić information content (AvgIpc) is 3.63. The summed E-state index contributed by atoms with van der Waals surface area (Å²) in [4.78, 5) is 16.5. The minimum Gasteiger partial charge on any atom is -0.477 e. The van der Waals surface area contributed by atoms with E-state index in [9.17, 15) is 9.50 Å². The molecule has 37 heavy (non-hydrogen) atoms. The van der Waals surface area contributed by atoms with Crippen molar-refractivity contribution in [3.05, 3.63) is 83.7 Å². The van der Waals surface area contributed by atoms with Crippen molar-refractivity contribution < 1.29 is 28.2 Å². The second kappa shape index (κ2) is 7.89. The summed E-state index contributed by atoms with van der Waals surface area (Å²) in [6, 6.07) is 9.68. The van der Waals surface area contributed by atoms with Crippen LogP contribution in [0, 0.1) is 12.7 Å². The predicted octanol–water partition coefficient (Wildman–Crippen LogP) is 3.09. The molecule has 3 aliphatic heterocycles. The Hall–Kier alpha value is -4.22. The van der Waals surface area contributed by atoms with E-state index in [4.69, 9.17) is 18.7 Å². The lowest BCUT2D eigenvalue weighted by Gasteiger charge is -2.50. The van der Waals surface area contributed by atoms with Crippen LogP contribution < -0.4 is 0 Å². The zero-order valence-corrected chi connectivity index (χ0v) is 19.8. The molecule has 4 aromatic rings. The lowest BCUT2D eigenvalue weighted by atomic mass is 9.93. The minimum absolute atomic E-state index is 0.372. The number of aryl methyl sites for hydroxylation is 1. The summed E-state index contributed by atoms with van der Waals surface area (Å²) in [6.07, 6.45) is 6.87. The molecule has 0 radical (unpaired) electrons. The lowest BCUT2D eigenvalue weighted by Crippen LogP contribution is -2.66. The maximum Gasteiger partial charge on any atom is 0.260 e. The second-order valence-corrected chi connectivity index (χ2v) is 9.45. The van der Waals surface area contributed by atoms with E-state index in [1.54, 1.807) is 18.5 Å². The molecule has 1 spiro atoms. The first-order chi connectivity index (χ1) is 18.0. The number of nitrogens with zero attached hydrogens (tertiary/aromatic N) is 5. The number of aromatic nitrogens is 3. The van der Waals surface area contributed by atoms with Gasteiger partial charge in [0.05, 0.1) is 37.5 Å². The summed E-state index contributed by atoms with van der Waals surface area (Å²) in [5.41, 5.74) is 2.30. The Kier molecular flexibility index (Phi) is 4.69. The largest absolute Gasteiger partial charge is 0.477 e. The third-order valence-corrected chi connectivity index (χ3v) is 6.98. The van der Waals surface area contributed by atoms with Gasteiger partial charge >= 0.3 is 0 Å². The van der Waals surface area contributed by atoms with Crippen LogP contribution >= 0.6 is 0 Å². The summed E-state index contributed by atoms with van der Waals surface area (Å²) < 4.78 is 33.2. The number of rotatable bonds is 4. The zero-order chi connectivity index (χ0) is 25.2. The minimum atomic E-state index is -1.32. The fourth-order valence-corrected chi connectivity index (χ4v) is 5.04. The van der Waals surface area contributed by atoms with E-state index in [2.05, 4.69) is 15.1 Å². The molecule has 10 nitrogen and oxygen atoms in total. The first-order valence-electron chi connectivity index (χ1n) is 11.8. The Bertz CT molecular complexity index is 1570. The number of aliphatic hydroxyl groups is 1. The van der Waals surface area contributed by atoms with E-state index >= 15 is 0 Å². The van der Waals surface area contributed by atoms with Crippen molar-refractivity contribution in [1.82, 2.24) is 19.4 Å². The van der Waals surface area contributed by atoms with Crippen molar-refractivity contribution in [2.24, 2.45) is 5.16 Å². The van der Waals surface area contributed by atoms with E-state index in [-0.39, 0.29) is 5.82 Å². The highest BCUT2D eigenvalue weighted by atomic mass is 19.1. The van der Waals surface area contributed by atoms with Crippen molar-refractivity contribution in [3.8, 4) is 5.69 Å². The van der Waals surface area contributed by atoms with Gasteiger partial charge < -0.3 is 33.3 Å². The second-order valence-electron chi connectivity index (χ2n) is 9.45. The van der Waals surface area contributed by atoms with E-state index < -0.39 is 17.9 Å². The van der Waals surface area contributed by atoms with Crippen molar-refractivity contribution in [2.75, 3.05) is 26.4 Å². The van der Waals surface area contributed by atoms with Gasteiger partial charge in [0.25, 0.3) is 5.72 Å². The van der Waals surface area contributed by atoms with Crippen LogP contribution in [0.5, 0.6) is 0 Å².